The van der Waals surface area contributed by atoms with Crippen LogP contribution in [0.2, 0.25) is 0 Å². The van der Waals surface area contributed by atoms with E-state index in [1.807, 2.05) is 35.1 Å². The first-order valence-corrected chi connectivity index (χ1v) is 6.20. The first kappa shape index (κ1) is 10.7. The van der Waals surface area contributed by atoms with Crippen molar-refractivity contribution in [3.8, 4) is 0 Å². The van der Waals surface area contributed by atoms with E-state index in [1.54, 1.807) is 6.92 Å². The van der Waals surface area contributed by atoms with E-state index < -0.39 is 0 Å². The molecule has 0 aromatic carbocycles. The Labute approximate surface area is 77.9 Å². The molecule has 4 heteroatoms. The number of carbonyl (C=O) groups is 1. The Bertz CT molecular complexity index is 125. The van der Waals surface area contributed by atoms with E-state index >= 15 is 0 Å². The van der Waals surface area contributed by atoms with Gasteiger partial charge in [0.1, 0.15) is 5.78 Å². The summed E-state index contributed by atoms with van der Waals surface area (Å²) in [7, 11) is 1.26. The van der Waals surface area contributed by atoms with Crippen molar-refractivity contribution in [2.75, 3.05) is 6.61 Å². The Hall–Kier alpha value is 0.710. The Balaban J connectivity index is 3.75. The van der Waals surface area contributed by atoms with Gasteiger partial charge in [-0.15, -0.1) is 0 Å². The molecule has 0 rings (SSSR count). The summed E-state index contributed by atoms with van der Waals surface area (Å²) in [5.74, 6) is 0.165. The maximum atomic E-state index is 10.9. The van der Waals surface area contributed by atoms with Crippen molar-refractivity contribution in [2.24, 2.45) is 5.41 Å². The van der Waals surface area contributed by atoms with E-state index in [0.717, 1.165) is 0 Å². The molecule has 0 aliphatic rings. The number of hydrogen-bond donors (Lipinski definition) is 0. The fourth-order valence-corrected chi connectivity index (χ4v) is 0.992. The molecule has 0 aromatic heterocycles. The third-order valence-electron chi connectivity index (χ3n) is 1.42. The Kier molecular flexibility index (Phi) is 4.88. The van der Waals surface area contributed by atoms with Crippen LogP contribution in [0.5, 0.6) is 0 Å². The van der Waals surface area contributed by atoms with Crippen molar-refractivity contribution in [1.82, 2.24) is 0 Å². The van der Waals surface area contributed by atoms with Crippen LogP contribution in [-0.4, -0.2) is 12.4 Å². The molecule has 0 amide bonds. The lowest BCUT2D eigenvalue weighted by atomic mass is 9.90. The topological polar surface area (TPSA) is 26.3 Å². The normalized spacial score (nSPS) is 11.6. The third-order valence-corrected chi connectivity index (χ3v) is 2.39. The summed E-state index contributed by atoms with van der Waals surface area (Å²) in [4.78, 5) is 10.9. The van der Waals surface area contributed by atoms with Crippen LogP contribution in [0.3, 0.4) is 0 Å². The van der Waals surface area contributed by atoms with E-state index in [2.05, 4.69) is 0 Å². The lowest BCUT2D eigenvalue weighted by Crippen LogP contribution is -2.26. The van der Waals surface area contributed by atoms with Gasteiger partial charge in [0.25, 0.3) is 0 Å². The minimum atomic E-state index is -0.335. The van der Waals surface area contributed by atoms with Crippen LogP contribution in [0.4, 0.5) is 0 Å². The summed E-state index contributed by atoms with van der Waals surface area (Å²) in [5, 5.41) is 0. The van der Waals surface area contributed by atoms with Crippen molar-refractivity contribution >= 4 is 36.2 Å². The van der Waals surface area contributed by atoms with Crippen molar-refractivity contribution < 1.29 is 8.98 Å². The highest BCUT2D eigenvalue weighted by Crippen LogP contribution is 2.22. The van der Waals surface area contributed by atoms with Crippen molar-refractivity contribution in [2.45, 2.75) is 20.8 Å². The zero-order valence-electron chi connectivity index (χ0n) is 6.31. The minimum Gasteiger partial charge on any atom is -0.304 e. The highest BCUT2D eigenvalue weighted by Gasteiger charge is 2.23. The van der Waals surface area contributed by atoms with Gasteiger partial charge in [0.15, 0.2) is 0 Å². The predicted octanol–water partition coefficient (Wildman–Crippen LogP) is 2.62. The van der Waals surface area contributed by atoms with Gasteiger partial charge in [-0.25, -0.2) is 0 Å². The summed E-state index contributed by atoms with van der Waals surface area (Å²) in [6.07, 6.45) is 0. The number of halogens is 1. The molecular formula is C6H11IO2S. The Morgan fingerprint density at radius 3 is 2.50 bits per heavy atom. The fourth-order valence-electron chi connectivity index (χ4n) is 0.271. The molecule has 0 bridgehead atoms. The van der Waals surface area contributed by atoms with Crippen molar-refractivity contribution in [3.05, 3.63) is 0 Å². The molecule has 0 heterocycles. The second kappa shape index (κ2) is 4.56. The molecule has 0 atom stereocenters. The third kappa shape index (κ3) is 3.78. The molecular weight excluding hydrogens is 263 g/mol. The van der Waals surface area contributed by atoms with Gasteiger partial charge < -0.3 is 4.18 Å². The monoisotopic (exact) mass is 274 g/mol. The highest BCUT2D eigenvalue weighted by atomic mass is 127. The quantitative estimate of drug-likeness (QED) is 0.582. The lowest BCUT2D eigenvalue weighted by molar-refractivity contribution is -0.126. The fraction of sp³-hybridized carbons (Fsp3) is 0.833. The van der Waals surface area contributed by atoms with E-state index in [-0.39, 0.29) is 11.2 Å². The summed E-state index contributed by atoms with van der Waals surface area (Å²) in [6, 6.07) is 0. The van der Waals surface area contributed by atoms with Gasteiger partial charge in [-0.05, 0) is 6.92 Å². The molecule has 0 saturated heterocycles. The molecule has 0 aliphatic carbocycles. The Morgan fingerprint density at radius 1 is 1.70 bits per heavy atom. The molecule has 0 aliphatic heterocycles. The second-order valence-electron chi connectivity index (χ2n) is 2.77. The molecule has 2 nitrogen and oxygen atoms in total. The standard InChI is InChI=1S/C6H11IO2S/c1-5(8)6(2,3)4-9-10-7/h4H2,1-3H3. The van der Waals surface area contributed by atoms with Crippen LogP contribution in [0.25, 0.3) is 0 Å². The van der Waals surface area contributed by atoms with Gasteiger partial charge in [-0.3, -0.25) is 4.79 Å². The summed E-state index contributed by atoms with van der Waals surface area (Å²) in [5.41, 5.74) is -0.335. The van der Waals surface area contributed by atoms with Crippen molar-refractivity contribution in [1.29, 1.82) is 0 Å². The van der Waals surface area contributed by atoms with Crippen LogP contribution in [0.15, 0.2) is 0 Å². The number of Topliss-reactive ketones (excluding diaryl/α,β-unsaturated/α-hetero) is 1. The van der Waals surface area contributed by atoms with Crippen LogP contribution in [0, 0.1) is 5.41 Å². The van der Waals surface area contributed by atoms with Gasteiger partial charge in [0, 0.05) is 26.6 Å². The summed E-state index contributed by atoms with van der Waals surface area (Å²) >= 11 is 2.03. The molecule has 0 saturated carbocycles. The van der Waals surface area contributed by atoms with Crippen LogP contribution in [-0.2, 0) is 8.98 Å². The van der Waals surface area contributed by atoms with Gasteiger partial charge in [0.2, 0.25) is 0 Å². The predicted molar refractivity (Wildman–Crippen MR) is 52.0 cm³/mol. The number of rotatable bonds is 4. The average Bonchev–Trinajstić information content (AvgIpc) is 1.84. The number of carbonyl (C=O) groups excluding carboxylic acids is 1. The van der Waals surface area contributed by atoms with E-state index in [4.69, 9.17) is 4.18 Å². The largest absolute Gasteiger partial charge is 0.304 e. The van der Waals surface area contributed by atoms with Crippen LogP contribution in [0.1, 0.15) is 20.8 Å². The summed E-state index contributed by atoms with van der Waals surface area (Å²) < 4.78 is 5.04. The van der Waals surface area contributed by atoms with Crippen LogP contribution >= 0.6 is 30.4 Å². The average molecular weight is 274 g/mol. The first-order chi connectivity index (χ1) is 4.50. The zero-order valence-corrected chi connectivity index (χ0v) is 9.28. The SMILES string of the molecule is CC(=O)C(C)(C)COSI. The Morgan fingerprint density at radius 2 is 2.20 bits per heavy atom. The van der Waals surface area contributed by atoms with E-state index in [9.17, 15) is 4.79 Å². The van der Waals surface area contributed by atoms with Gasteiger partial charge in [-0.2, -0.15) is 0 Å². The number of hydrogen-bond acceptors (Lipinski definition) is 3. The molecule has 0 spiro atoms. The van der Waals surface area contributed by atoms with Crippen molar-refractivity contribution in [3.63, 3.8) is 0 Å². The minimum absolute atomic E-state index is 0.165. The molecule has 0 N–H and O–H groups in total. The molecule has 0 radical (unpaired) electrons. The lowest BCUT2D eigenvalue weighted by Gasteiger charge is -2.18. The smallest absolute Gasteiger partial charge is 0.137 e. The maximum absolute atomic E-state index is 10.9. The molecule has 0 unspecified atom stereocenters. The maximum Gasteiger partial charge on any atom is 0.137 e. The summed E-state index contributed by atoms with van der Waals surface area (Å²) in [6.45, 7) is 5.82. The molecule has 10 heavy (non-hydrogen) atoms. The van der Waals surface area contributed by atoms with Gasteiger partial charge in [0.05, 0.1) is 15.8 Å². The van der Waals surface area contributed by atoms with Gasteiger partial charge in [-0.1, -0.05) is 13.8 Å². The number of ketones is 1. The highest BCUT2D eigenvalue weighted by molar-refractivity contribution is 14.2. The first-order valence-electron chi connectivity index (χ1n) is 2.92. The van der Waals surface area contributed by atoms with E-state index in [0.29, 0.717) is 6.61 Å². The molecule has 0 fully saturated rings. The molecule has 60 valence electrons. The second-order valence-corrected chi connectivity index (χ2v) is 4.21. The molecule has 0 aromatic rings. The van der Waals surface area contributed by atoms with E-state index in [1.165, 1.54) is 9.21 Å². The zero-order chi connectivity index (χ0) is 8.20. The van der Waals surface area contributed by atoms with Crippen LogP contribution < -0.4 is 0 Å². The van der Waals surface area contributed by atoms with Gasteiger partial charge >= 0.3 is 0 Å².